The van der Waals surface area contributed by atoms with Crippen LogP contribution in [0.15, 0.2) is 46.0 Å². The molecule has 0 aliphatic heterocycles. The second-order valence-corrected chi connectivity index (χ2v) is 3.70. The molecule has 0 spiro atoms. The molecule has 0 fully saturated rings. The van der Waals surface area contributed by atoms with Gasteiger partial charge in [-0.15, -0.1) is 0 Å². The van der Waals surface area contributed by atoms with Gasteiger partial charge in [-0.1, -0.05) is 23.7 Å². The fraction of sp³-hybridized carbons (Fsp3) is 0.0909. The summed E-state index contributed by atoms with van der Waals surface area (Å²) in [6.07, 6.45) is 0. The quantitative estimate of drug-likeness (QED) is 0.747. The number of para-hydroxylation sites is 1. The summed E-state index contributed by atoms with van der Waals surface area (Å²) in [5.74, 6) is 0. The molecule has 0 aliphatic carbocycles. The van der Waals surface area contributed by atoms with Gasteiger partial charge >= 0.3 is 0 Å². The molecule has 0 unspecified atom stereocenters. The number of nitrogens with zero attached hydrogens (tertiary/aromatic N) is 2. The Kier molecular flexibility index (Phi) is 2.66. The van der Waals surface area contributed by atoms with Gasteiger partial charge in [0.15, 0.2) is 0 Å². The Labute approximate surface area is 96.3 Å². The molecule has 82 valence electrons. The van der Waals surface area contributed by atoms with E-state index in [-0.39, 0.29) is 11.1 Å². The maximum absolute atomic E-state index is 11.7. The van der Waals surface area contributed by atoms with E-state index in [1.54, 1.807) is 24.3 Å². The predicted molar refractivity (Wildman–Crippen MR) is 62.3 cm³/mol. The van der Waals surface area contributed by atoms with E-state index in [1.165, 1.54) is 28.5 Å². The van der Waals surface area contributed by atoms with Crippen LogP contribution in [0, 0.1) is 0 Å². The summed E-state index contributed by atoms with van der Waals surface area (Å²) in [5, 5.41) is 0.422. The van der Waals surface area contributed by atoms with Crippen molar-refractivity contribution in [1.29, 1.82) is 0 Å². The summed E-state index contributed by atoms with van der Waals surface area (Å²) in [7, 11) is 1.52. The van der Waals surface area contributed by atoms with Crippen LogP contribution in [-0.2, 0) is 7.05 Å². The lowest BCUT2D eigenvalue weighted by Gasteiger charge is -2.11. The van der Waals surface area contributed by atoms with Crippen LogP contribution in [0.2, 0.25) is 5.02 Å². The molecule has 0 bridgehead atoms. The molecule has 0 saturated heterocycles. The largest absolute Gasteiger partial charge is 0.270 e. The Bertz CT molecular complexity index is 643. The van der Waals surface area contributed by atoms with E-state index < -0.39 is 0 Å². The van der Waals surface area contributed by atoms with Crippen LogP contribution in [0.1, 0.15) is 0 Å². The summed E-state index contributed by atoms with van der Waals surface area (Å²) < 4.78 is 2.47. The SMILES string of the molecule is Cn1c(=O)ccc(=O)n1-c1ccccc1Cl. The van der Waals surface area contributed by atoms with Crippen molar-refractivity contribution in [2.45, 2.75) is 0 Å². The van der Waals surface area contributed by atoms with Gasteiger partial charge in [-0.25, -0.2) is 9.36 Å². The molecule has 1 aromatic carbocycles. The van der Waals surface area contributed by atoms with Crippen LogP contribution in [0.5, 0.6) is 0 Å². The molecule has 1 heterocycles. The zero-order valence-electron chi connectivity index (χ0n) is 8.55. The molecule has 16 heavy (non-hydrogen) atoms. The standard InChI is InChI=1S/C11H9ClN2O2/c1-13-10(15)6-7-11(16)14(13)9-5-3-2-4-8(9)12/h2-7H,1H3. The second kappa shape index (κ2) is 3.98. The molecule has 0 radical (unpaired) electrons. The zero-order valence-corrected chi connectivity index (χ0v) is 9.31. The van der Waals surface area contributed by atoms with Gasteiger partial charge in [-0.2, -0.15) is 0 Å². The first-order valence-electron chi connectivity index (χ1n) is 4.65. The van der Waals surface area contributed by atoms with E-state index >= 15 is 0 Å². The van der Waals surface area contributed by atoms with Crippen molar-refractivity contribution in [3.05, 3.63) is 62.1 Å². The number of aromatic nitrogens is 2. The summed E-state index contributed by atoms with van der Waals surface area (Å²) in [6, 6.07) is 9.33. The number of rotatable bonds is 1. The molecule has 0 aliphatic rings. The Morgan fingerprint density at radius 2 is 1.62 bits per heavy atom. The van der Waals surface area contributed by atoms with Crippen LogP contribution >= 0.6 is 11.6 Å². The molecule has 0 atom stereocenters. The van der Waals surface area contributed by atoms with E-state index in [4.69, 9.17) is 11.6 Å². The van der Waals surface area contributed by atoms with Crippen molar-refractivity contribution in [3.63, 3.8) is 0 Å². The van der Waals surface area contributed by atoms with Crippen LogP contribution < -0.4 is 11.1 Å². The third kappa shape index (κ3) is 1.67. The molecule has 0 amide bonds. The summed E-state index contributed by atoms with van der Waals surface area (Å²) in [5.41, 5.74) is -0.0657. The minimum Gasteiger partial charge on any atom is -0.268 e. The molecule has 2 aromatic rings. The van der Waals surface area contributed by atoms with Crippen LogP contribution in [0.4, 0.5) is 0 Å². The lowest BCUT2D eigenvalue weighted by molar-refractivity contribution is 0.593. The highest BCUT2D eigenvalue weighted by Gasteiger charge is 2.07. The van der Waals surface area contributed by atoms with Gasteiger partial charge in [-0.05, 0) is 12.1 Å². The highest BCUT2D eigenvalue weighted by atomic mass is 35.5. The third-order valence-electron chi connectivity index (χ3n) is 2.28. The first kappa shape index (κ1) is 10.7. The summed E-state index contributed by atoms with van der Waals surface area (Å²) in [6.45, 7) is 0. The van der Waals surface area contributed by atoms with Gasteiger partial charge in [0, 0.05) is 19.2 Å². The normalized spacial score (nSPS) is 10.4. The van der Waals surface area contributed by atoms with Gasteiger partial charge in [-0.3, -0.25) is 9.59 Å². The number of hydrogen-bond donors (Lipinski definition) is 0. The number of halogens is 1. The summed E-state index contributed by atoms with van der Waals surface area (Å²) >= 11 is 5.98. The Balaban J connectivity index is 2.85. The molecule has 0 N–H and O–H groups in total. The Hall–Kier alpha value is -1.81. The first-order chi connectivity index (χ1) is 7.61. The molecule has 2 rings (SSSR count). The van der Waals surface area contributed by atoms with E-state index in [0.29, 0.717) is 10.7 Å². The van der Waals surface area contributed by atoms with Crippen molar-refractivity contribution in [1.82, 2.24) is 9.36 Å². The molecule has 4 nitrogen and oxygen atoms in total. The smallest absolute Gasteiger partial charge is 0.268 e. The van der Waals surface area contributed by atoms with E-state index in [2.05, 4.69) is 0 Å². The van der Waals surface area contributed by atoms with Gasteiger partial charge in [0.25, 0.3) is 11.1 Å². The fourth-order valence-electron chi connectivity index (χ4n) is 1.47. The first-order valence-corrected chi connectivity index (χ1v) is 5.03. The van der Waals surface area contributed by atoms with Crippen molar-refractivity contribution in [2.24, 2.45) is 7.05 Å². The molecule has 0 saturated carbocycles. The van der Waals surface area contributed by atoms with E-state index in [9.17, 15) is 9.59 Å². The Morgan fingerprint density at radius 1 is 1.00 bits per heavy atom. The lowest BCUT2D eigenvalue weighted by atomic mass is 10.3. The van der Waals surface area contributed by atoms with Crippen molar-refractivity contribution in [3.8, 4) is 5.69 Å². The number of hydrogen-bond acceptors (Lipinski definition) is 2. The predicted octanol–water partition coefficient (Wildman–Crippen LogP) is 1.19. The molecule has 1 aromatic heterocycles. The number of benzene rings is 1. The molecular weight excluding hydrogens is 228 g/mol. The fourth-order valence-corrected chi connectivity index (χ4v) is 1.69. The maximum atomic E-state index is 11.7. The van der Waals surface area contributed by atoms with Gasteiger partial charge < -0.3 is 0 Å². The third-order valence-corrected chi connectivity index (χ3v) is 2.60. The maximum Gasteiger partial charge on any atom is 0.270 e. The Morgan fingerprint density at radius 3 is 2.31 bits per heavy atom. The van der Waals surface area contributed by atoms with Crippen molar-refractivity contribution < 1.29 is 0 Å². The van der Waals surface area contributed by atoms with Gasteiger partial charge in [0.2, 0.25) is 0 Å². The molecular formula is C11H9ClN2O2. The van der Waals surface area contributed by atoms with Crippen LogP contribution in [0.3, 0.4) is 0 Å². The van der Waals surface area contributed by atoms with Gasteiger partial charge in [0.05, 0.1) is 10.7 Å². The van der Waals surface area contributed by atoms with Crippen molar-refractivity contribution >= 4 is 11.6 Å². The minimum atomic E-state index is -0.296. The highest BCUT2D eigenvalue weighted by Crippen LogP contribution is 2.17. The average molecular weight is 237 g/mol. The van der Waals surface area contributed by atoms with Crippen LogP contribution in [0.25, 0.3) is 5.69 Å². The topological polar surface area (TPSA) is 44.0 Å². The molecule has 5 heteroatoms. The average Bonchev–Trinajstić information content (AvgIpc) is 2.27. The summed E-state index contributed by atoms with van der Waals surface area (Å²) in [4.78, 5) is 23.1. The monoisotopic (exact) mass is 236 g/mol. The minimum absolute atomic E-state index is 0.264. The van der Waals surface area contributed by atoms with E-state index in [1.807, 2.05) is 0 Å². The van der Waals surface area contributed by atoms with Crippen LogP contribution in [-0.4, -0.2) is 9.36 Å². The highest BCUT2D eigenvalue weighted by molar-refractivity contribution is 6.32. The van der Waals surface area contributed by atoms with E-state index in [0.717, 1.165) is 0 Å². The van der Waals surface area contributed by atoms with Gasteiger partial charge in [0.1, 0.15) is 0 Å². The zero-order chi connectivity index (χ0) is 11.7. The second-order valence-electron chi connectivity index (χ2n) is 3.30. The lowest BCUT2D eigenvalue weighted by Crippen LogP contribution is -2.34. The van der Waals surface area contributed by atoms with Crippen molar-refractivity contribution in [2.75, 3.05) is 0 Å².